The molecule has 0 saturated heterocycles. The molecule has 10 aromatic rings. The van der Waals surface area contributed by atoms with E-state index in [0.29, 0.717) is 11.6 Å². The van der Waals surface area contributed by atoms with Crippen LogP contribution in [0.4, 0.5) is 0 Å². The zero-order valence-corrected chi connectivity index (χ0v) is 29.8. The fourth-order valence-electron chi connectivity index (χ4n) is 8.61. The van der Waals surface area contributed by atoms with E-state index in [9.17, 15) is 0 Å². The molecule has 1 aliphatic rings. The summed E-state index contributed by atoms with van der Waals surface area (Å²) in [5.41, 5.74) is 7.48. The lowest BCUT2D eigenvalue weighted by Crippen LogP contribution is -2.15. The van der Waals surface area contributed by atoms with Crippen molar-refractivity contribution >= 4 is 54.3 Å². The highest BCUT2D eigenvalue weighted by Crippen LogP contribution is 2.44. The van der Waals surface area contributed by atoms with Crippen molar-refractivity contribution in [3.63, 3.8) is 0 Å². The number of benzene rings is 7. The molecule has 1 aliphatic carbocycles. The second-order valence-electron chi connectivity index (χ2n) is 14.2. The van der Waals surface area contributed by atoms with E-state index in [2.05, 4.69) is 162 Å². The van der Waals surface area contributed by atoms with Gasteiger partial charge in [0, 0.05) is 56.4 Å². The molecule has 0 amide bonds. The van der Waals surface area contributed by atoms with Crippen molar-refractivity contribution in [2.24, 2.45) is 0 Å². The van der Waals surface area contributed by atoms with Crippen LogP contribution in [0.5, 0.6) is 0 Å². The van der Waals surface area contributed by atoms with Gasteiger partial charge in [-0.2, -0.15) is 0 Å². The topological polar surface area (TPSA) is 56.5 Å². The van der Waals surface area contributed by atoms with Gasteiger partial charge in [-0.3, -0.25) is 4.98 Å². The van der Waals surface area contributed by atoms with Crippen LogP contribution < -0.4 is 0 Å². The first-order chi connectivity index (χ1) is 27.3. The lowest BCUT2D eigenvalue weighted by Gasteiger charge is -2.26. The minimum Gasteiger partial charge on any atom is -0.309 e. The molecular weight excluding hydrogens is 671 g/mol. The molecule has 0 bridgehead atoms. The molecule has 3 heterocycles. The highest BCUT2D eigenvalue weighted by molar-refractivity contribution is 6.17. The summed E-state index contributed by atoms with van der Waals surface area (Å²) in [7, 11) is 0. The van der Waals surface area contributed by atoms with Crippen LogP contribution in [0.25, 0.3) is 82.7 Å². The zero-order valence-electron chi connectivity index (χ0n) is 29.8. The zero-order chi connectivity index (χ0) is 36.3. The number of allylic oxidation sites excluding steroid dienone is 4. The van der Waals surface area contributed by atoms with E-state index in [0.717, 1.165) is 60.7 Å². The Bertz CT molecular complexity index is 3160. The highest BCUT2D eigenvalue weighted by Gasteiger charge is 2.29. The highest BCUT2D eigenvalue weighted by atomic mass is 15.0. The van der Waals surface area contributed by atoms with Crippen LogP contribution >= 0.6 is 0 Å². The van der Waals surface area contributed by atoms with Crippen molar-refractivity contribution < 1.29 is 0 Å². The summed E-state index contributed by atoms with van der Waals surface area (Å²) in [5.74, 6) is 1.84. The first kappa shape index (κ1) is 31.3. The lowest BCUT2D eigenvalue weighted by molar-refractivity contribution is 0.682. The summed E-state index contributed by atoms with van der Waals surface area (Å²) in [6.07, 6.45) is 10.7. The first-order valence-corrected chi connectivity index (χ1v) is 18.7. The molecule has 0 spiro atoms. The normalized spacial score (nSPS) is 15.5. The molecule has 0 aliphatic heterocycles. The molecular formula is C50H33N5. The third kappa shape index (κ3) is 5.08. The van der Waals surface area contributed by atoms with Crippen LogP contribution in [0.3, 0.4) is 0 Å². The quantitative estimate of drug-likeness (QED) is 0.167. The van der Waals surface area contributed by atoms with Crippen LogP contribution in [0.2, 0.25) is 0 Å². The van der Waals surface area contributed by atoms with E-state index in [1.165, 1.54) is 21.7 Å². The fraction of sp³-hybridized carbons (Fsp3) is 0.0400. The monoisotopic (exact) mass is 703 g/mol. The van der Waals surface area contributed by atoms with Crippen molar-refractivity contribution in [3.05, 3.63) is 200 Å². The second-order valence-corrected chi connectivity index (χ2v) is 14.2. The molecule has 3 aromatic heterocycles. The van der Waals surface area contributed by atoms with E-state index in [4.69, 9.17) is 19.9 Å². The Labute approximate surface area is 317 Å². The Morgan fingerprint density at radius 3 is 2.05 bits per heavy atom. The standard InChI is InChI=1S/C50H33N5/c1-3-16-33(17-4-1)48-52-49(54-50(53-48)41-24-13-27-45-46(41)40-23-11-12-26-44(40)55(45)34-18-5-2-6-19-34)39-22-10-9-21-36(39)43-31-42-35-20-8-7-15-32(35)28-29-38(42)47-37(43)25-14-30-51-47/h1-31,36,39H. The Hall–Kier alpha value is -7.24. The number of para-hydroxylation sites is 2. The van der Waals surface area contributed by atoms with E-state index < -0.39 is 0 Å². The maximum absolute atomic E-state index is 5.43. The summed E-state index contributed by atoms with van der Waals surface area (Å²) < 4.78 is 2.33. The van der Waals surface area contributed by atoms with Crippen molar-refractivity contribution in [1.29, 1.82) is 0 Å². The van der Waals surface area contributed by atoms with E-state index >= 15 is 0 Å². The van der Waals surface area contributed by atoms with Gasteiger partial charge in [0.1, 0.15) is 5.82 Å². The third-order valence-corrected chi connectivity index (χ3v) is 11.1. The van der Waals surface area contributed by atoms with Gasteiger partial charge in [0.25, 0.3) is 0 Å². The molecule has 11 rings (SSSR count). The number of rotatable bonds is 5. The number of hydrogen-bond donors (Lipinski definition) is 0. The van der Waals surface area contributed by atoms with Crippen molar-refractivity contribution in [3.8, 4) is 28.5 Å². The molecule has 0 saturated carbocycles. The summed E-state index contributed by atoms with van der Waals surface area (Å²) in [6, 6.07) is 55.5. The number of pyridine rings is 1. The Balaban J connectivity index is 1.15. The van der Waals surface area contributed by atoms with Gasteiger partial charge < -0.3 is 4.57 Å². The fourth-order valence-corrected chi connectivity index (χ4v) is 8.61. The van der Waals surface area contributed by atoms with Crippen LogP contribution in [0.1, 0.15) is 23.2 Å². The summed E-state index contributed by atoms with van der Waals surface area (Å²) in [6.45, 7) is 0. The van der Waals surface area contributed by atoms with Gasteiger partial charge in [-0.05, 0) is 58.1 Å². The summed E-state index contributed by atoms with van der Waals surface area (Å²) in [4.78, 5) is 20.9. The number of nitrogens with zero attached hydrogens (tertiary/aromatic N) is 5. The number of hydrogen-bond acceptors (Lipinski definition) is 4. The van der Waals surface area contributed by atoms with Crippen molar-refractivity contribution in [2.75, 3.05) is 0 Å². The molecule has 5 heteroatoms. The minimum atomic E-state index is -0.157. The lowest BCUT2D eigenvalue weighted by atomic mass is 9.79. The van der Waals surface area contributed by atoms with Gasteiger partial charge >= 0.3 is 0 Å². The molecule has 2 unspecified atom stereocenters. The maximum Gasteiger partial charge on any atom is 0.164 e. The van der Waals surface area contributed by atoms with E-state index in [1.807, 2.05) is 30.5 Å². The first-order valence-electron chi connectivity index (χ1n) is 18.7. The molecule has 258 valence electrons. The molecule has 0 fully saturated rings. The molecule has 7 aromatic carbocycles. The van der Waals surface area contributed by atoms with Gasteiger partial charge in [0.15, 0.2) is 11.6 Å². The Morgan fingerprint density at radius 2 is 1.18 bits per heavy atom. The summed E-state index contributed by atoms with van der Waals surface area (Å²) >= 11 is 0. The van der Waals surface area contributed by atoms with Gasteiger partial charge in [0.2, 0.25) is 0 Å². The van der Waals surface area contributed by atoms with Crippen LogP contribution in [0, 0.1) is 0 Å². The molecule has 55 heavy (non-hydrogen) atoms. The molecule has 0 N–H and O–H groups in total. The van der Waals surface area contributed by atoms with Crippen LogP contribution in [-0.2, 0) is 0 Å². The molecule has 5 nitrogen and oxygen atoms in total. The average molecular weight is 704 g/mol. The third-order valence-electron chi connectivity index (χ3n) is 11.1. The van der Waals surface area contributed by atoms with Gasteiger partial charge in [-0.25, -0.2) is 15.0 Å². The van der Waals surface area contributed by atoms with Crippen molar-refractivity contribution in [1.82, 2.24) is 24.5 Å². The SMILES string of the molecule is C1=CC(c2nc(-c3ccccc3)nc(-c3cccc4c3c3ccccc3n4-c3ccccc3)n2)C(c2cc3c4ccccc4ccc3c3ncccc23)C=C1. The molecule has 0 radical (unpaired) electrons. The van der Waals surface area contributed by atoms with Gasteiger partial charge in [-0.15, -0.1) is 0 Å². The largest absolute Gasteiger partial charge is 0.309 e. The Morgan fingerprint density at radius 1 is 0.473 bits per heavy atom. The van der Waals surface area contributed by atoms with Gasteiger partial charge in [-0.1, -0.05) is 146 Å². The second kappa shape index (κ2) is 12.7. The smallest absolute Gasteiger partial charge is 0.164 e. The predicted molar refractivity (Wildman–Crippen MR) is 226 cm³/mol. The maximum atomic E-state index is 5.43. The molecule has 2 atom stereocenters. The van der Waals surface area contributed by atoms with Crippen LogP contribution in [0.15, 0.2) is 188 Å². The van der Waals surface area contributed by atoms with Gasteiger partial charge in [0.05, 0.1) is 16.6 Å². The minimum absolute atomic E-state index is 0.0465. The average Bonchev–Trinajstić information content (AvgIpc) is 3.61. The summed E-state index contributed by atoms with van der Waals surface area (Å²) in [5, 5.41) is 8.19. The van der Waals surface area contributed by atoms with E-state index in [-0.39, 0.29) is 11.8 Å². The van der Waals surface area contributed by atoms with Crippen LogP contribution in [-0.4, -0.2) is 24.5 Å². The number of fused-ring (bicyclic) bond motifs is 8. The Kier molecular flexibility index (Phi) is 7.24. The predicted octanol–water partition coefficient (Wildman–Crippen LogP) is 12.2. The van der Waals surface area contributed by atoms with E-state index in [1.54, 1.807) is 0 Å². The van der Waals surface area contributed by atoms with Crippen molar-refractivity contribution in [2.45, 2.75) is 11.8 Å². The number of aromatic nitrogens is 5.